The lowest BCUT2D eigenvalue weighted by Gasteiger charge is -2.17. The van der Waals surface area contributed by atoms with Gasteiger partial charge in [0.25, 0.3) is 0 Å². The van der Waals surface area contributed by atoms with Crippen LogP contribution in [0.1, 0.15) is 12.5 Å². The third-order valence-electron chi connectivity index (χ3n) is 2.37. The summed E-state index contributed by atoms with van der Waals surface area (Å²) < 4.78 is 5.37. The van der Waals surface area contributed by atoms with Crippen LogP contribution in [0.3, 0.4) is 0 Å². The summed E-state index contributed by atoms with van der Waals surface area (Å²) in [5.74, 6) is -1.16. The summed E-state index contributed by atoms with van der Waals surface area (Å²) in [5, 5.41) is 8.98. The van der Waals surface area contributed by atoms with E-state index < -0.39 is 12.1 Å². The molecule has 3 heteroatoms. The zero-order chi connectivity index (χ0) is 12.0. The van der Waals surface area contributed by atoms with Gasteiger partial charge in [0.1, 0.15) is 0 Å². The summed E-state index contributed by atoms with van der Waals surface area (Å²) in [6, 6.07) is 9.50. The van der Waals surface area contributed by atoms with Gasteiger partial charge in [0, 0.05) is 5.92 Å². The highest BCUT2D eigenvalue weighted by molar-refractivity contribution is 5.73. The highest BCUT2D eigenvalue weighted by Gasteiger charge is 2.23. The Kier molecular flexibility index (Phi) is 4.73. The molecule has 1 N–H and O–H groups in total. The van der Waals surface area contributed by atoms with E-state index in [1.54, 1.807) is 13.0 Å². The number of hydrogen-bond donors (Lipinski definition) is 1. The lowest BCUT2D eigenvalue weighted by atomic mass is 10.1. The number of carbonyl (C=O) groups is 1. The van der Waals surface area contributed by atoms with Gasteiger partial charge in [-0.15, -0.1) is 6.58 Å². The van der Waals surface area contributed by atoms with Gasteiger partial charge in [0.05, 0.1) is 6.61 Å². The zero-order valence-electron chi connectivity index (χ0n) is 9.30. The van der Waals surface area contributed by atoms with Gasteiger partial charge in [-0.25, -0.2) is 4.79 Å². The Morgan fingerprint density at radius 1 is 1.50 bits per heavy atom. The van der Waals surface area contributed by atoms with E-state index in [2.05, 4.69) is 6.58 Å². The Morgan fingerprint density at radius 3 is 2.62 bits per heavy atom. The molecule has 0 amide bonds. The van der Waals surface area contributed by atoms with E-state index in [0.717, 1.165) is 5.56 Å². The van der Waals surface area contributed by atoms with Gasteiger partial charge >= 0.3 is 5.97 Å². The number of benzene rings is 1. The summed E-state index contributed by atoms with van der Waals surface area (Å²) >= 11 is 0. The molecule has 0 aliphatic heterocycles. The fourth-order valence-electron chi connectivity index (χ4n) is 1.33. The van der Waals surface area contributed by atoms with Crippen molar-refractivity contribution in [2.24, 2.45) is 5.92 Å². The summed E-state index contributed by atoms with van der Waals surface area (Å²) in [6.07, 6.45) is 0.752. The molecule has 0 radical (unpaired) electrons. The lowest BCUT2D eigenvalue weighted by molar-refractivity contribution is -0.153. The van der Waals surface area contributed by atoms with Gasteiger partial charge in [-0.1, -0.05) is 43.3 Å². The van der Waals surface area contributed by atoms with Crippen molar-refractivity contribution in [3.8, 4) is 0 Å². The van der Waals surface area contributed by atoms with Crippen molar-refractivity contribution in [3.05, 3.63) is 48.6 Å². The Hall–Kier alpha value is -1.61. The van der Waals surface area contributed by atoms with Gasteiger partial charge < -0.3 is 9.84 Å². The maximum atomic E-state index is 10.9. The molecule has 0 saturated carbocycles. The van der Waals surface area contributed by atoms with E-state index >= 15 is 0 Å². The zero-order valence-corrected chi connectivity index (χ0v) is 9.30. The first kappa shape index (κ1) is 12.5. The molecule has 1 aromatic rings. The minimum atomic E-state index is -0.955. The highest BCUT2D eigenvalue weighted by Crippen LogP contribution is 2.12. The van der Waals surface area contributed by atoms with Crippen LogP contribution in [0, 0.1) is 5.92 Å². The lowest BCUT2D eigenvalue weighted by Crippen LogP contribution is -2.29. The van der Waals surface area contributed by atoms with Crippen LogP contribution < -0.4 is 0 Å². The molecule has 0 heterocycles. The summed E-state index contributed by atoms with van der Waals surface area (Å²) in [4.78, 5) is 10.9. The molecule has 0 aromatic heterocycles. The second-order valence-corrected chi connectivity index (χ2v) is 3.65. The van der Waals surface area contributed by atoms with Crippen LogP contribution >= 0.6 is 0 Å². The molecular formula is C13H16O3. The van der Waals surface area contributed by atoms with E-state index in [-0.39, 0.29) is 5.92 Å². The van der Waals surface area contributed by atoms with Crippen LogP contribution in [-0.2, 0) is 16.1 Å². The molecule has 0 saturated heterocycles. The van der Waals surface area contributed by atoms with Crippen LogP contribution in [0.15, 0.2) is 43.0 Å². The first-order valence-corrected chi connectivity index (χ1v) is 5.16. The normalized spacial score (nSPS) is 14.1. The van der Waals surface area contributed by atoms with Gasteiger partial charge in [-0.3, -0.25) is 0 Å². The molecule has 0 aliphatic rings. The minimum Gasteiger partial charge on any atom is -0.479 e. The van der Waals surface area contributed by atoms with Crippen LogP contribution in [0.25, 0.3) is 0 Å². The molecule has 1 aromatic carbocycles. The average Bonchev–Trinajstić information content (AvgIpc) is 2.30. The SMILES string of the molecule is C=C[C@H](C)[C@@H](OCc1ccccc1)C(=O)O. The molecule has 2 atom stereocenters. The first-order valence-electron chi connectivity index (χ1n) is 5.16. The van der Waals surface area contributed by atoms with Crippen molar-refractivity contribution in [3.63, 3.8) is 0 Å². The van der Waals surface area contributed by atoms with Gasteiger partial charge in [0.2, 0.25) is 0 Å². The maximum Gasteiger partial charge on any atom is 0.333 e. The van der Waals surface area contributed by atoms with E-state index in [1.165, 1.54) is 0 Å². The first-order chi connectivity index (χ1) is 7.65. The Morgan fingerprint density at radius 2 is 2.12 bits per heavy atom. The van der Waals surface area contributed by atoms with Crippen molar-refractivity contribution in [2.75, 3.05) is 0 Å². The largest absolute Gasteiger partial charge is 0.479 e. The fourth-order valence-corrected chi connectivity index (χ4v) is 1.33. The molecule has 16 heavy (non-hydrogen) atoms. The maximum absolute atomic E-state index is 10.9. The Balaban J connectivity index is 2.57. The van der Waals surface area contributed by atoms with Crippen molar-refractivity contribution >= 4 is 5.97 Å². The molecule has 1 rings (SSSR count). The number of carboxylic acids is 1. The van der Waals surface area contributed by atoms with Gasteiger partial charge in [-0.05, 0) is 5.56 Å². The number of aliphatic carboxylic acids is 1. The molecular weight excluding hydrogens is 204 g/mol. The summed E-state index contributed by atoms with van der Waals surface area (Å²) in [5.41, 5.74) is 0.963. The monoisotopic (exact) mass is 220 g/mol. The van der Waals surface area contributed by atoms with Crippen molar-refractivity contribution in [1.82, 2.24) is 0 Å². The predicted octanol–water partition coefficient (Wildman–Crippen LogP) is 2.48. The van der Waals surface area contributed by atoms with Gasteiger partial charge in [-0.2, -0.15) is 0 Å². The smallest absolute Gasteiger partial charge is 0.333 e. The standard InChI is InChI=1S/C13H16O3/c1-3-10(2)12(13(14)15)16-9-11-7-5-4-6-8-11/h3-8,10,12H,1,9H2,2H3,(H,14,15)/t10-,12+/m0/s1. The highest BCUT2D eigenvalue weighted by atomic mass is 16.5. The van der Waals surface area contributed by atoms with Crippen LogP contribution in [0.5, 0.6) is 0 Å². The van der Waals surface area contributed by atoms with Gasteiger partial charge in [0.15, 0.2) is 6.10 Å². The Labute approximate surface area is 95.4 Å². The topological polar surface area (TPSA) is 46.5 Å². The van der Waals surface area contributed by atoms with Crippen LogP contribution in [0.4, 0.5) is 0 Å². The van der Waals surface area contributed by atoms with E-state index in [4.69, 9.17) is 9.84 Å². The van der Waals surface area contributed by atoms with Crippen molar-refractivity contribution in [2.45, 2.75) is 19.6 Å². The summed E-state index contributed by atoms with van der Waals surface area (Å²) in [6.45, 7) is 5.65. The molecule has 86 valence electrons. The van der Waals surface area contributed by atoms with Crippen LogP contribution in [-0.4, -0.2) is 17.2 Å². The predicted molar refractivity (Wildman–Crippen MR) is 62.0 cm³/mol. The quantitative estimate of drug-likeness (QED) is 0.749. The average molecular weight is 220 g/mol. The number of ether oxygens (including phenoxy) is 1. The van der Waals surface area contributed by atoms with Crippen molar-refractivity contribution < 1.29 is 14.6 Å². The third kappa shape index (κ3) is 3.51. The molecule has 0 unspecified atom stereocenters. The molecule has 3 nitrogen and oxygen atoms in total. The molecule has 0 spiro atoms. The molecule has 0 bridgehead atoms. The second kappa shape index (κ2) is 6.08. The Bertz CT molecular complexity index is 345. The van der Waals surface area contributed by atoms with E-state index in [1.807, 2.05) is 30.3 Å². The minimum absolute atomic E-state index is 0.207. The number of carboxylic acid groups (broad SMARTS) is 1. The number of rotatable bonds is 6. The summed E-state index contributed by atoms with van der Waals surface area (Å²) in [7, 11) is 0. The van der Waals surface area contributed by atoms with Crippen LogP contribution in [0.2, 0.25) is 0 Å². The molecule has 0 aliphatic carbocycles. The van der Waals surface area contributed by atoms with E-state index in [0.29, 0.717) is 6.61 Å². The van der Waals surface area contributed by atoms with E-state index in [9.17, 15) is 4.79 Å². The second-order valence-electron chi connectivity index (χ2n) is 3.65. The fraction of sp³-hybridized carbons (Fsp3) is 0.308. The van der Waals surface area contributed by atoms with Crippen molar-refractivity contribution in [1.29, 1.82) is 0 Å². The molecule has 0 fully saturated rings. The number of hydrogen-bond acceptors (Lipinski definition) is 2. The third-order valence-corrected chi connectivity index (χ3v) is 2.37.